The third kappa shape index (κ3) is 2.24. The van der Waals surface area contributed by atoms with Crippen molar-refractivity contribution in [3.05, 3.63) is 83.4 Å². The zero-order chi connectivity index (χ0) is 21.3. The number of fused-ring (bicyclic) bond motifs is 7. The average molecular weight is 425 g/mol. The summed E-state index contributed by atoms with van der Waals surface area (Å²) >= 11 is 0. The summed E-state index contributed by atoms with van der Waals surface area (Å²) < 4.78 is 11.4. The number of carbonyl (C=O) groups is 1. The smallest absolute Gasteiger partial charge is 0.240 e. The van der Waals surface area contributed by atoms with Gasteiger partial charge in [0, 0.05) is 23.7 Å². The number of benzene rings is 3. The lowest BCUT2D eigenvalue weighted by Gasteiger charge is -2.41. The van der Waals surface area contributed by atoms with Crippen LogP contribution in [-0.2, 0) is 16.8 Å². The SMILES string of the molecule is O=C1Nc2ccccc2C12CC1=NNN(Cc3ccccc3)N1c1cc3c(cc12)OCO3. The molecule has 8 nitrogen and oxygen atoms in total. The highest BCUT2D eigenvalue weighted by atomic mass is 16.7. The van der Waals surface area contributed by atoms with Crippen LogP contribution >= 0.6 is 0 Å². The van der Waals surface area contributed by atoms with Crippen molar-refractivity contribution in [3.8, 4) is 11.5 Å². The fourth-order valence-electron chi connectivity index (χ4n) is 5.13. The van der Waals surface area contributed by atoms with Crippen LogP contribution in [0.15, 0.2) is 71.8 Å². The van der Waals surface area contributed by atoms with Crippen molar-refractivity contribution in [3.63, 3.8) is 0 Å². The van der Waals surface area contributed by atoms with Crippen molar-refractivity contribution in [2.45, 2.75) is 18.4 Å². The summed E-state index contributed by atoms with van der Waals surface area (Å²) in [6.07, 6.45) is 0.431. The largest absolute Gasteiger partial charge is 0.454 e. The van der Waals surface area contributed by atoms with E-state index in [1.54, 1.807) is 0 Å². The summed E-state index contributed by atoms with van der Waals surface area (Å²) in [5.41, 5.74) is 6.93. The second-order valence-corrected chi connectivity index (χ2v) is 8.29. The summed E-state index contributed by atoms with van der Waals surface area (Å²) in [5.74, 6) is 2.04. The maximum atomic E-state index is 13.5. The molecule has 4 aliphatic rings. The molecule has 4 aliphatic heterocycles. The highest BCUT2D eigenvalue weighted by molar-refractivity contribution is 6.16. The minimum absolute atomic E-state index is 0.0531. The fraction of sp³-hybridized carbons (Fsp3) is 0.167. The summed E-state index contributed by atoms with van der Waals surface area (Å²) in [6.45, 7) is 0.776. The van der Waals surface area contributed by atoms with Gasteiger partial charge in [-0.15, -0.1) is 10.2 Å². The number of anilines is 2. The quantitative estimate of drug-likeness (QED) is 0.657. The maximum Gasteiger partial charge on any atom is 0.240 e. The Morgan fingerprint density at radius 2 is 1.75 bits per heavy atom. The molecular formula is C24H19N5O3. The number of nitrogens with zero attached hydrogens (tertiary/aromatic N) is 3. The van der Waals surface area contributed by atoms with Crippen LogP contribution in [0, 0.1) is 0 Å². The van der Waals surface area contributed by atoms with Crippen molar-refractivity contribution in [1.29, 1.82) is 0 Å². The Kier molecular flexibility index (Phi) is 3.44. The lowest BCUT2D eigenvalue weighted by atomic mass is 9.70. The molecule has 7 rings (SSSR count). The van der Waals surface area contributed by atoms with E-state index in [1.807, 2.05) is 64.7 Å². The monoisotopic (exact) mass is 425 g/mol. The lowest BCUT2D eigenvalue weighted by Crippen LogP contribution is -2.52. The molecule has 0 aliphatic carbocycles. The minimum atomic E-state index is -0.882. The van der Waals surface area contributed by atoms with Crippen LogP contribution in [-0.4, -0.2) is 23.7 Å². The van der Waals surface area contributed by atoms with Crippen LogP contribution < -0.4 is 25.3 Å². The molecule has 3 aromatic carbocycles. The molecule has 158 valence electrons. The van der Waals surface area contributed by atoms with Gasteiger partial charge in [-0.2, -0.15) is 0 Å². The number of amides is 1. The Bertz CT molecular complexity index is 1310. The molecule has 1 spiro atoms. The summed E-state index contributed by atoms with van der Waals surface area (Å²) in [7, 11) is 0. The number of para-hydroxylation sites is 1. The van der Waals surface area contributed by atoms with Gasteiger partial charge in [0.1, 0.15) is 11.3 Å². The lowest BCUT2D eigenvalue weighted by molar-refractivity contribution is -0.119. The number of hydrogen-bond acceptors (Lipinski definition) is 7. The van der Waals surface area contributed by atoms with Crippen LogP contribution in [0.4, 0.5) is 11.4 Å². The van der Waals surface area contributed by atoms with Gasteiger partial charge in [-0.25, -0.2) is 10.5 Å². The molecule has 2 N–H and O–H groups in total. The first kappa shape index (κ1) is 17.6. The van der Waals surface area contributed by atoms with Gasteiger partial charge >= 0.3 is 0 Å². The number of hydrazone groups is 1. The Hall–Kier alpha value is -4.04. The molecule has 4 heterocycles. The zero-order valence-electron chi connectivity index (χ0n) is 17.0. The normalized spacial score (nSPS) is 22.2. The van der Waals surface area contributed by atoms with Crippen molar-refractivity contribution in [2.24, 2.45) is 5.10 Å². The molecule has 0 aromatic heterocycles. The number of nitrogens with one attached hydrogen (secondary N) is 2. The van der Waals surface area contributed by atoms with Gasteiger partial charge in [0.25, 0.3) is 0 Å². The van der Waals surface area contributed by atoms with Crippen LogP contribution in [0.3, 0.4) is 0 Å². The molecule has 32 heavy (non-hydrogen) atoms. The van der Waals surface area contributed by atoms with Crippen molar-refractivity contribution in [2.75, 3.05) is 17.1 Å². The van der Waals surface area contributed by atoms with E-state index >= 15 is 0 Å². The Morgan fingerprint density at radius 3 is 2.62 bits per heavy atom. The number of carbonyl (C=O) groups excluding carboxylic acids is 1. The topological polar surface area (TPSA) is 78.4 Å². The van der Waals surface area contributed by atoms with E-state index in [9.17, 15) is 4.79 Å². The number of hydrogen-bond donors (Lipinski definition) is 2. The van der Waals surface area contributed by atoms with Crippen molar-refractivity contribution < 1.29 is 14.3 Å². The highest BCUT2D eigenvalue weighted by Crippen LogP contribution is 2.55. The number of rotatable bonds is 2. The Labute approximate surface area is 184 Å². The van der Waals surface area contributed by atoms with Crippen molar-refractivity contribution in [1.82, 2.24) is 10.7 Å². The first-order valence-electron chi connectivity index (χ1n) is 10.5. The predicted octanol–water partition coefficient (Wildman–Crippen LogP) is 3.11. The molecule has 0 saturated heterocycles. The molecule has 0 fully saturated rings. The number of ether oxygens (including phenoxy) is 2. The predicted molar refractivity (Wildman–Crippen MR) is 118 cm³/mol. The van der Waals surface area contributed by atoms with E-state index in [2.05, 4.69) is 28.1 Å². The molecular weight excluding hydrogens is 406 g/mol. The molecule has 1 amide bonds. The van der Waals surface area contributed by atoms with Crippen LogP contribution in [0.1, 0.15) is 23.1 Å². The van der Waals surface area contributed by atoms with Gasteiger partial charge in [0.2, 0.25) is 12.7 Å². The van der Waals surface area contributed by atoms with Gasteiger partial charge in [-0.1, -0.05) is 48.5 Å². The molecule has 0 bridgehead atoms. The Morgan fingerprint density at radius 1 is 0.969 bits per heavy atom. The standard InChI is InChI=1S/C24H19N5O3/c30-23-24(16-8-4-5-9-18(16)25-23)12-22-26-27-28(13-15-6-2-1-3-7-15)29(22)19-11-21-20(10-17(19)24)31-14-32-21/h1-11,27H,12-14H2,(H,25,30). The third-order valence-electron chi connectivity index (χ3n) is 6.58. The minimum Gasteiger partial charge on any atom is -0.454 e. The van der Waals surface area contributed by atoms with Gasteiger partial charge in [-0.3, -0.25) is 4.79 Å². The first-order chi connectivity index (χ1) is 15.7. The van der Waals surface area contributed by atoms with Crippen molar-refractivity contribution >= 4 is 23.1 Å². The van der Waals surface area contributed by atoms with Crippen LogP contribution in [0.25, 0.3) is 0 Å². The second-order valence-electron chi connectivity index (χ2n) is 8.29. The third-order valence-corrected chi connectivity index (χ3v) is 6.58. The summed E-state index contributed by atoms with van der Waals surface area (Å²) in [4.78, 5) is 13.5. The average Bonchev–Trinajstić information content (AvgIpc) is 3.51. The van der Waals surface area contributed by atoms with Gasteiger partial charge < -0.3 is 14.8 Å². The molecule has 0 saturated carbocycles. The van der Waals surface area contributed by atoms with E-state index in [1.165, 1.54) is 0 Å². The number of amidine groups is 1. The molecule has 3 aromatic rings. The highest BCUT2D eigenvalue weighted by Gasteiger charge is 2.56. The second kappa shape index (κ2) is 6.24. The van der Waals surface area contributed by atoms with Crippen LogP contribution in [0.5, 0.6) is 11.5 Å². The van der Waals surface area contributed by atoms with Gasteiger partial charge in [0.15, 0.2) is 11.5 Å². The zero-order valence-corrected chi connectivity index (χ0v) is 17.0. The Balaban J connectivity index is 1.42. The van der Waals surface area contributed by atoms with E-state index in [0.717, 1.165) is 33.9 Å². The first-order valence-corrected chi connectivity index (χ1v) is 10.5. The van der Waals surface area contributed by atoms with Crippen LogP contribution in [0.2, 0.25) is 0 Å². The molecule has 8 heteroatoms. The van der Waals surface area contributed by atoms with E-state index in [-0.39, 0.29) is 12.7 Å². The number of hydrazine groups is 2. The molecule has 1 unspecified atom stereocenters. The summed E-state index contributed by atoms with van der Waals surface area (Å²) in [6, 6.07) is 22.0. The summed E-state index contributed by atoms with van der Waals surface area (Å²) in [5, 5.41) is 11.7. The van der Waals surface area contributed by atoms with Gasteiger partial charge in [-0.05, 0) is 23.3 Å². The van der Waals surface area contributed by atoms with E-state index in [0.29, 0.717) is 24.5 Å². The fourth-order valence-corrected chi connectivity index (χ4v) is 5.13. The maximum absolute atomic E-state index is 13.5. The van der Waals surface area contributed by atoms with Gasteiger partial charge in [0.05, 0.1) is 12.2 Å². The molecule has 0 radical (unpaired) electrons. The van der Waals surface area contributed by atoms with E-state index in [4.69, 9.17) is 9.47 Å². The molecule has 1 atom stereocenters. The van der Waals surface area contributed by atoms with E-state index < -0.39 is 5.41 Å².